The maximum absolute atomic E-state index is 12.6. The Hall–Kier alpha value is -2.14. The number of imide groups is 1. The molecule has 23 heavy (non-hydrogen) atoms. The van der Waals surface area contributed by atoms with E-state index in [0.717, 1.165) is 17.7 Å². The molecular formula is C17H17ClN2O3. The van der Waals surface area contributed by atoms with E-state index in [1.165, 1.54) is 0 Å². The van der Waals surface area contributed by atoms with Gasteiger partial charge < -0.3 is 5.32 Å². The summed E-state index contributed by atoms with van der Waals surface area (Å²) in [4.78, 5) is 38.2. The molecule has 0 saturated heterocycles. The van der Waals surface area contributed by atoms with Crippen molar-refractivity contribution in [1.82, 2.24) is 0 Å². The molecule has 1 aliphatic carbocycles. The summed E-state index contributed by atoms with van der Waals surface area (Å²) in [5.74, 6) is -0.761. The highest BCUT2D eigenvalue weighted by atomic mass is 35.5. The number of amides is 3. The number of nitrogens with zero attached hydrogens (tertiary/aromatic N) is 1. The van der Waals surface area contributed by atoms with Gasteiger partial charge in [0.1, 0.15) is 0 Å². The lowest BCUT2D eigenvalue weighted by atomic mass is 9.93. The fourth-order valence-electron chi connectivity index (χ4n) is 3.00. The monoisotopic (exact) mass is 332 g/mol. The molecule has 3 amide bonds. The largest absolute Gasteiger partial charge is 0.324 e. The molecule has 1 heterocycles. The van der Waals surface area contributed by atoms with Gasteiger partial charge in [-0.1, -0.05) is 18.5 Å². The van der Waals surface area contributed by atoms with Crippen molar-refractivity contribution in [2.24, 2.45) is 0 Å². The number of hydrogen-bond donors (Lipinski definition) is 1. The lowest BCUT2D eigenvalue weighted by Crippen LogP contribution is -2.32. The van der Waals surface area contributed by atoms with E-state index in [9.17, 15) is 14.4 Å². The number of hydrogen-bond acceptors (Lipinski definition) is 3. The number of carbonyl (C=O) groups is 3. The smallest absolute Gasteiger partial charge is 0.261 e. The van der Waals surface area contributed by atoms with Crippen LogP contribution in [0.1, 0.15) is 39.0 Å². The maximum atomic E-state index is 12.6. The van der Waals surface area contributed by atoms with Gasteiger partial charge in [-0.25, -0.2) is 4.90 Å². The maximum Gasteiger partial charge on any atom is 0.261 e. The van der Waals surface area contributed by atoms with Crippen molar-refractivity contribution in [2.75, 3.05) is 10.2 Å². The average molecular weight is 333 g/mol. The summed E-state index contributed by atoms with van der Waals surface area (Å²) in [6.07, 6.45) is 3.42. The zero-order valence-corrected chi connectivity index (χ0v) is 13.6. The van der Waals surface area contributed by atoms with Crippen molar-refractivity contribution in [2.45, 2.75) is 39.0 Å². The highest BCUT2D eigenvalue weighted by Gasteiger charge is 2.40. The van der Waals surface area contributed by atoms with E-state index in [1.54, 1.807) is 25.1 Å². The van der Waals surface area contributed by atoms with Gasteiger partial charge in [-0.05, 0) is 43.9 Å². The van der Waals surface area contributed by atoms with E-state index in [4.69, 9.17) is 11.6 Å². The van der Waals surface area contributed by atoms with Crippen LogP contribution in [0.3, 0.4) is 0 Å². The highest BCUT2D eigenvalue weighted by molar-refractivity contribution is 6.35. The van der Waals surface area contributed by atoms with Crippen molar-refractivity contribution >= 4 is 40.7 Å². The Morgan fingerprint density at radius 3 is 2.35 bits per heavy atom. The Morgan fingerprint density at radius 2 is 1.78 bits per heavy atom. The van der Waals surface area contributed by atoms with E-state index < -0.39 is 0 Å². The summed E-state index contributed by atoms with van der Waals surface area (Å²) in [6.45, 7) is 1.73. The van der Waals surface area contributed by atoms with Crippen LogP contribution >= 0.6 is 11.6 Å². The van der Waals surface area contributed by atoms with Gasteiger partial charge in [0.2, 0.25) is 5.91 Å². The second-order valence-electron chi connectivity index (χ2n) is 5.67. The van der Waals surface area contributed by atoms with Crippen molar-refractivity contribution in [3.05, 3.63) is 34.4 Å². The van der Waals surface area contributed by atoms with Gasteiger partial charge in [0.15, 0.2) is 0 Å². The minimum atomic E-state index is -0.279. The number of rotatable bonds is 3. The molecule has 1 aromatic rings. The third kappa shape index (κ3) is 2.77. The summed E-state index contributed by atoms with van der Waals surface area (Å²) < 4.78 is 0. The van der Waals surface area contributed by atoms with Gasteiger partial charge in [0.05, 0.1) is 11.4 Å². The molecule has 2 aliphatic rings. The van der Waals surface area contributed by atoms with Gasteiger partial charge in [-0.15, -0.1) is 0 Å². The number of anilines is 2. The quantitative estimate of drug-likeness (QED) is 0.862. The van der Waals surface area contributed by atoms with E-state index in [-0.39, 0.29) is 17.7 Å². The van der Waals surface area contributed by atoms with Crippen LogP contribution in [0.2, 0.25) is 5.02 Å². The molecule has 1 aromatic carbocycles. The first-order valence-electron chi connectivity index (χ1n) is 7.73. The molecule has 0 spiro atoms. The molecule has 0 aromatic heterocycles. The summed E-state index contributed by atoms with van der Waals surface area (Å²) in [5, 5.41) is 3.14. The van der Waals surface area contributed by atoms with Crippen LogP contribution < -0.4 is 10.2 Å². The van der Waals surface area contributed by atoms with Crippen molar-refractivity contribution < 1.29 is 14.4 Å². The van der Waals surface area contributed by atoms with E-state index in [1.807, 2.05) is 0 Å². The van der Waals surface area contributed by atoms with Crippen LogP contribution in [0.15, 0.2) is 29.3 Å². The lowest BCUT2D eigenvalue weighted by Gasteiger charge is -2.19. The molecule has 0 unspecified atom stereocenters. The summed E-state index contributed by atoms with van der Waals surface area (Å²) in [6, 6.07) is 4.76. The van der Waals surface area contributed by atoms with Gasteiger partial charge >= 0.3 is 0 Å². The standard InChI is InChI=1S/C17H17ClN2O3/c1-2-15(21)19-13-9-10(18)7-8-14(13)20-16(22)11-5-3-4-6-12(11)17(20)23/h7-9H,2-6H2,1H3,(H,19,21). The van der Waals surface area contributed by atoms with E-state index in [2.05, 4.69) is 5.32 Å². The van der Waals surface area contributed by atoms with Crippen molar-refractivity contribution in [1.29, 1.82) is 0 Å². The molecule has 0 saturated carbocycles. The van der Waals surface area contributed by atoms with E-state index >= 15 is 0 Å². The fraction of sp³-hybridized carbons (Fsp3) is 0.353. The molecule has 1 N–H and O–H groups in total. The topological polar surface area (TPSA) is 66.5 Å². The second kappa shape index (κ2) is 6.16. The SMILES string of the molecule is CCC(=O)Nc1cc(Cl)ccc1N1C(=O)C2=C(CCCC2)C1=O. The molecular weight excluding hydrogens is 316 g/mol. The molecule has 6 heteroatoms. The molecule has 0 atom stereocenters. The minimum Gasteiger partial charge on any atom is -0.324 e. The molecule has 0 radical (unpaired) electrons. The van der Waals surface area contributed by atoms with Crippen LogP contribution in [0.5, 0.6) is 0 Å². The Morgan fingerprint density at radius 1 is 1.17 bits per heavy atom. The predicted octanol–water partition coefficient (Wildman–Crippen LogP) is 3.43. The van der Waals surface area contributed by atoms with Crippen LogP contribution in [0.4, 0.5) is 11.4 Å². The number of benzene rings is 1. The van der Waals surface area contributed by atoms with Crippen molar-refractivity contribution in [3.8, 4) is 0 Å². The Balaban J connectivity index is 2.01. The fourth-order valence-corrected chi connectivity index (χ4v) is 3.17. The van der Waals surface area contributed by atoms with Gasteiger partial charge in [0.25, 0.3) is 11.8 Å². The molecule has 5 nitrogen and oxygen atoms in total. The first-order valence-corrected chi connectivity index (χ1v) is 8.11. The summed E-state index contributed by atoms with van der Waals surface area (Å²) >= 11 is 5.99. The molecule has 120 valence electrons. The summed E-state index contributed by atoms with van der Waals surface area (Å²) in [5.41, 5.74) is 1.99. The van der Waals surface area contributed by atoms with Crippen LogP contribution in [0.25, 0.3) is 0 Å². The third-order valence-electron chi connectivity index (χ3n) is 4.19. The molecule has 0 bridgehead atoms. The zero-order valence-electron chi connectivity index (χ0n) is 12.8. The Labute approximate surface area is 139 Å². The van der Waals surface area contributed by atoms with Crippen LogP contribution in [-0.2, 0) is 14.4 Å². The van der Waals surface area contributed by atoms with E-state index in [0.29, 0.717) is 46.8 Å². The highest BCUT2D eigenvalue weighted by Crippen LogP contribution is 2.39. The number of halogens is 1. The predicted molar refractivity (Wildman–Crippen MR) is 88.4 cm³/mol. The average Bonchev–Trinajstić information content (AvgIpc) is 2.80. The Kier molecular flexibility index (Phi) is 4.22. The number of carbonyl (C=O) groups excluding carboxylic acids is 3. The van der Waals surface area contributed by atoms with Gasteiger partial charge in [0, 0.05) is 22.6 Å². The zero-order chi connectivity index (χ0) is 16.6. The normalized spacial score (nSPS) is 17.6. The van der Waals surface area contributed by atoms with Crippen LogP contribution in [0, 0.1) is 0 Å². The number of nitrogens with one attached hydrogen (secondary N) is 1. The first-order chi connectivity index (χ1) is 11.0. The summed E-state index contributed by atoms with van der Waals surface area (Å²) in [7, 11) is 0. The van der Waals surface area contributed by atoms with Gasteiger partial charge in [-0.2, -0.15) is 0 Å². The molecule has 1 aliphatic heterocycles. The Bertz CT molecular complexity index is 711. The van der Waals surface area contributed by atoms with Gasteiger partial charge in [-0.3, -0.25) is 14.4 Å². The van der Waals surface area contributed by atoms with Crippen LogP contribution in [-0.4, -0.2) is 17.7 Å². The third-order valence-corrected chi connectivity index (χ3v) is 4.42. The van der Waals surface area contributed by atoms with Crippen molar-refractivity contribution in [3.63, 3.8) is 0 Å². The molecule has 3 rings (SSSR count). The lowest BCUT2D eigenvalue weighted by molar-refractivity contribution is -0.121. The molecule has 0 fully saturated rings. The second-order valence-corrected chi connectivity index (χ2v) is 6.11. The first kappa shape index (κ1) is 15.7. The minimum absolute atomic E-state index is 0.203.